The number of carbonyl (C=O) groups is 1. The number of unbranched alkanes of at least 4 members (excludes halogenated alkanes) is 1. The van der Waals surface area contributed by atoms with Crippen LogP contribution in [0.25, 0.3) is 0 Å². The SMILES string of the molecule is CCCCc1ccc(NC(=O)c2cc(OC)cc(OC)c2)c(Br)c1. The number of hydrogen-bond donors (Lipinski definition) is 1. The van der Waals surface area contributed by atoms with Crippen molar-refractivity contribution in [1.29, 1.82) is 0 Å². The topological polar surface area (TPSA) is 47.6 Å². The molecule has 0 unspecified atom stereocenters. The van der Waals surface area contributed by atoms with Crippen LogP contribution >= 0.6 is 15.9 Å². The highest BCUT2D eigenvalue weighted by Crippen LogP contribution is 2.27. The van der Waals surface area contributed by atoms with Crippen molar-refractivity contribution < 1.29 is 14.3 Å². The Morgan fingerprint density at radius 2 is 1.75 bits per heavy atom. The van der Waals surface area contributed by atoms with Crippen molar-refractivity contribution in [2.75, 3.05) is 19.5 Å². The van der Waals surface area contributed by atoms with Crippen molar-refractivity contribution in [1.82, 2.24) is 0 Å². The average Bonchev–Trinajstić information content (AvgIpc) is 2.61. The number of benzene rings is 2. The molecule has 0 atom stereocenters. The Balaban J connectivity index is 2.17. The molecule has 0 aliphatic rings. The van der Waals surface area contributed by atoms with Gasteiger partial charge in [-0.3, -0.25) is 4.79 Å². The summed E-state index contributed by atoms with van der Waals surface area (Å²) in [6.45, 7) is 2.17. The van der Waals surface area contributed by atoms with Gasteiger partial charge in [0.2, 0.25) is 0 Å². The average molecular weight is 392 g/mol. The van der Waals surface area contributed by atoms with Crippen LogP contribution in [0.1, 0.15) is 35.7 Å². The maximum Gasteiger partial charge on any atom is 0.255 e. The Morgan fingerprint density at radius 1 is 1.08 bits per heavy atom. The molecule has 2 rings (SSSR count). The van der Waals surface area contributed by atoms with E-state index in [1.165, 1.54) is 5.56 Å². The first-order valence-corrected chi connectivity index (χ1v) is 8.69. The molecule has 0 fully saturated rings. The summed E-state index contributed by atoms with van der Waals surface area (Å²) in [5, 5.41) is 2.92. The van der Waals surface area contributed by atoms with Crippen LogP contribution in [-0.4, -0.2) is 20.1 Å². The first kappa shape index (κ1) is 18.3. The zero-order chi connectivity index (χ0) is 17.5. The molecule has 1 amide bonds. The van der Waals surface area contributed by atoms with E-state index in [9.17, 15) is 4.79 Å². The molecule has 24 heavy (non-hydrogen) atoms. The third kappa shape index (κ3) is 4.74. The highest BCUT2D eigenvalue weighted by atomic mass is 79.9. The highest BCUT2D eigenvalue weighted by molar-refractivity contribution is 9.10. The van der Waals surface area contributed by atoms with Gasteiger partial charge in [0.05, 0.1) is 19.9 Å². The smallest absolute Gasteiger partial charge is 0.255 e. The molecule has 1 N–H and O–H groups in total. The van der Waals surface area contributed by atoms with Crippen LogP contribution in [-0.2, 0) is 6.42 Å². The maximum absolute atomic E-state index is 12.5. The predicted octanol–water partition coefficient (Wildman–Crippen LogP) is 5.06. The lowest BCUT2D eigenvalue weighted by atomic mass is 10.1. The molecule has 0 heterocycles. The van der Waals surface area contributed by atoms with Gasteiger partial charge in [-0.05, 0) is 58.6 Å². The second-order valence-corrected chi connectivity index (χ2v) is 6.33. The lowest BCUT2D eigenvalue weighted by molar-refractivity contribution is 0.102. The third-order valence-corrected chi connectivity index (χ3v) is 4.37. The maximum atomic E-state index is 12.5. The van der Waals surface area contributed by atoms with E-state index >= 15 is 0 Å². The fourth-order valence-electron chi connectivity index (χ4n) is 2.33. The third-order valence-electron chi connectivity index (χ3n) is 3.71. The van der Waals surface area contributed by atoms with Crippen LogP contribution < -0.4 is 14.8 Å². The first-order valence-electron chi connectivity index (χ1n) is 7.90. The van der Waals surface area contributed by atoms with E-state index < -0.39 is 0 Å². The molecule has 0 radical (unpaired) electrons. The van der Waals surface area contributed by atoms with E-state index in [1.54, 1.807) is 32.4 Å². The summed E-state index contributed by atoms with van der Waals surface area (Å²) in [4.78, 5) is 12.5. The zero-order valence-electron chi connectivity index (χ0n) is 14.2. The Hall–Kier alpha value is -2.01. The molecule has 0 aliphatic heterocycles. The van der Waals surface area contributed by atoms with Crippen LogP contribution in [0.5, 0.6) is 11.5 Å². The van der Waals surface area contributed by atoms with Gasteiger partial charge < -0.3 is 14.8 Å². The van der Waals surface area contributed by atoms with Gasteiger partial charge in [0.15, 0.2) is 0 Å². The minimum atomic E-state index is -0.214. The fourth-order valence-corrected chi connectivity index (χ4v) is 2.85. The van der Waals surface area contributed by atoms with Crippen molar-refractivity contribution in [3.05, 3.63) is 52.0 Å². The van der Waals surface area contributed by atoms with Crippen molar-refractivity contribution in [2.24, 2.45) is 0 Å². The van der Waals surface area contributed by atoms with Crippen LogP contribution in [0.15, 0.2) is 40.9 Å². The van der Waals surface area contributed by atoms with Crippen LogP contribution in [0, 0.1) is 0 Å². The van der Waals surface area contributed by atoms with Crippen LogP contribution in [0.3, 0.4) is 0 Å². The molecule has 2 aromatic rings. The minimum Gasteiger partial charge on any atom is -0.497 e. The number of aryl methyl sites for hydroxylation is 1. The largest absolute Gasteiger partial charge is 0.497 e. The zero-order valence-corrected chi connectivity index (χ0v) is 15.8. The van der Waals surface area contributed by atoms with Gasteiger partial charge in [-0.25, -0.2) is 0 Å². The van der Waals surface area contributed by atoms with E-state index in [4.69, 9.17) is 9.47 Å². The van der Waals surface area contributed by atoms with Crippen LogP contribution in [0.4, 0.5) is 5.69 Å². The number of methoxy groups -OCH3 is 2. The van der Waals surface area contributed by atoms with Crippen molar-refractivity contribution >= 4 is 27.5 Å². The van der Waals surface area contributed by atoms with Gasteiger partial charge in [0.1, 0.15) is 11.5 Å². The molecule has 0 saturated carbocycles. The monoisotopic (exact) mass is 391 g/mol. The summed E-state index contributed by atoms with van der Waals surface area (Å²) in [6, 6.07) is 11.1. The van der Waals surface area contributed by atoms with E-state index in [1.807, 2.05) is 12.1 Å². The second kappa shape index (κ2) is 8.73. The van der Waals surface area contributed by atoms with Crippen LogP contribution in [0.2, 0.25) is 0 Å². The number of rotatable bonds is 7. The number of ether oxygens (including phenoxy) is 2. The summed E-state index contributed by atoms with van der Waals surface area (Å²) in [6.07, 6.45) is 3.35. The molecule has 0 spiro atoms. The minimum absolute atomic E-state index is 0.214. The molecule has 0 aromatic heterocycles. The Morgan fingerprint density at radius 3 is 2.29 bits per heavy atom. The summed E-state index contributed by atoms with van der Waals surface area (Å²) >= 11 is 3.53. The quantitative estimate of drug-likeness (QED) is 0.717. The van der Waals surface area contributed by atoms with Crippen molar-refractivity contribution in [3.63, 3.8) is 0 Å². The molecule has 128 valence electrons. The molecule has 2 aromatic carbocycles. The van der Waals surface area contributed by atoms with Gasteiger partial charge in [-0.2, -0.15) is 0 Å². The van der Waals surface area contributed by atoms with Gasteiger partial charge in [0.25, 0.3) is 5.91 Å². The molecule has 0 aliphatic carbocycles. The molecular weight excluding hydrogens is 370 g/mol. The Bertz CT molecular complexity index is 694. The molecule has 0 bridgehead atoms. The standard InChI is InChI=1S/C19H22BrNO3/c1-4-5-6-13-7-8-18(17(20)9-13)21-19(22)14-10-15(23-2)12-16(11-14)24-3/h7-12H,4-6H2,1-3H3,(H,21,22). The number of amides is 1. The van der Waals surface area contributed by atoms with Gasteiger partial charge in [-0.15, -0.1) is 0 Å². The molecule has 5 heteroatoms. The number of nitrogens with one attached hydrogen (secondary N) is 1. The summed E-state index contributed by atoms with van der Waals surface area (Å²) < 4.78 is 11.3. The molecule has 0 saturated heterocycles. The normalized spacial score (nSPS) is 10.3. The molecule has 4 nitrogen and oxygen atoms in total. The van der Waals surface area contributed by atoms with Gasteiger partial charge >= 0.3 is 0 Å². The van der Waals surface area contributed by atoms with E-state index in [0.717, 1.165) is 29.4 Å². The predicted molar refractivity (Wildman–Crippen MR) is 100 cm³/mol. The van der Waals surface area contributed by atoms with Crippen molar-refractivity contribution in [3.8, 4) is 11.5 Å². The van der Waals surface area contributed by atoms with Crippen molar-refractivity contribution in [2.45, 2.75) is 26.2 Å². The van der Waals surface area contributed by atoms with E-state index in [-0.39, 0.29) is 5.91 Å². The van der Waals surface area contributed by atoms with E-state index in [2.05, 4.69) is 34.2 Å². The fraction of sp³-hybridized carbons (Fsp3) is 0.316. The Labute approximate surface area is 151 Å². The van der Waals surface area contributed by atoms with E-state index in [0.29, 0.717) is 17.1 Å². The first-order chi connectivity index (χ1) is 11.6. The number of hydrogen-bond acceptors (Lipinski definition) is 3. The number of carbonyl (C=O) groups excluding carboxylic acids is 1. The lowest BCUT2D eigenvalue weighted by Crippen LogP contribution is -2.12. The van der Waals surface area contributed by atoms with Gasteiger partial charge in [-0.1, -0.05) is 19.4 Å². The summed E-state index contributed by atoms with van der Waals surface area (Å²) in [7, 11) is 3.12. The van der Waals surface area contributed by atoms with Gasteiger partial charge in [0, 0.05) is 16.1 Å². The second-order valence-electron chi connectivity index (χ2n) is 5.47. The lowest BCUT2D eigenvalue weighted by Gasteiger charge is -2.11. The number of halogens is 1. The Kier molecular flexibility index (Phi) is 6.67. The summed E-state index contributed by atoms with van der Waals surface area (Å²) in [5.74, 6) is 0.941. The summed E-state index contributed by atoms with van der Waals surface area (Å²) in [5.41, 5.74) is 2.47. The highest BCUT2D eigenvalue weighted by Gasteiger charge is 2.12. The molecular formula is C19H22BrNO3. The number of anilines is 1.